The van der Waals surface area contributed by atoms with Crippen LogP contribution < -0.4 is 5.32 Å². The molecule has 0 spiro atoms. The van der Waals surface area contributed by atoms with Crippen molar-refractivity contribution in [1.82, 2.24) is 10.2 Å². The normalized spacial score (nSPS) is 11.8. The van der Waals surface area contributed by atoms with Gasteiger partial charge in [0.1, 0.15) is 0 Å². The van der Waals surface area contributed by atoms with Crippen molar-refractivity contribution < 1.29 is 9.59 Å². The lowest BCUT2D eigenvalue weighted by molar-refractivity contribution is -0.129. The Morgan fingerprint density at radius 2 is 1.86 bits per heavy atom. The number of hydrogen-bond donors (Lipinski definition) is 1. The molecule has 0 radical (unpaired) electrons. The molecular formula is C17H26N2O2. The van der Waals surface area contributed by atoms with E-state index in [9.17, 15) is 9.59 Å². The molecule has 0 aromatic heterocycles. The molecule has 4 heteroatoms. The first-order valence-electron chi connectivity index (χ1n) is 7.61. The van der Waals surface area contributed by atoms with Gasteiger partial charge in [-0.05, 0) is 25.3 Å². The Morgan fingerprint density at radius 1 is 1.19 bits per heavy atom. The molecule has 4 nitrogen and oxygen atoms in total. The van der Waals surface area contributed by atoms with Crippen LogP contribution in [0.25, 0.3) is 0 Å². The molecule has 116 valence electrons. The van der Waals surface area contributed by atoms with Crippen molar-refractivity contribution in [3.8, 4) is 0 Å². The van der Waals surface area contributed by atoms with E-state index in [2.05, 4.69) is 5.32 Å². The minimum absolute atomic E-state index is 0.00955. The highest BCUT2D eigenvalue weighted by atomic mass is 16.2. The van der Waals surface area contributed by atoms with E-state index in [0.29, 0.717) is 19.5 Å². The summed E-state index contributed by atoms with van der Waals surface area (Å²) in [7, 11) is 0. The monoisotopic (exact) mass is 290 g/mol. The van der Waals surface area contributed by atoms with E-state index in [1.807, 2.05) is 44.2 Å². The summed E-state index contributed by atoms with van der Waals surface area (Å²) in [6.45, 7) is 6.70. The van der Waals surface area contributed by atoms with Gasteiger partial charge in [0.05, 0.1) is 0 Å². The summed E-state index contributed by atoms with van der Waals surface area (Å²) in [5.74, 6) is 0.0255. The Morgan fingerprint density at radius 3 is 2.43 bits per heavy atom. The van der Waals surface area contributed by atoms with Gasteiger partial charge in [0.15, 0.2) is 0 Å². The topological polar surface area (TPSA) is 49.4 Å². The third-order valence-corrected chi connectivity index (χ3v) is 3.59. The summed E-state index contributed by atoms with van der Waals surface area (Å²) in [6, 6.07) is 10.3. The highest BCUT2D eigenvalue weighted by Gasteiger charge is 2.12. The van der Waals surface area contributed by atoms with Gasteiger partial charge < -0.3 is 10.2 Å². The van der Waals surface area contributed by atoms with Gasteiger partial charge in [-0.25, -0.2) is 0 Å². The molecule has 0 aliphatic carbocycles. The summed E-state index contributed by atoms with van der Waals surface area (Å²) in [6.07, 6.45) is 2.09. The lowest BCUT2D eigenvalue weighted by Gasteiger charge is -2.21. The van der Waals surface area contributed by atoms with Crippen molar-refractivity contribution in [3.63, 3.8) is 0 Å². The summed E-state index contributed by atoms with van der Waals surface area (Å²) in [5, 5.41) is 2.92. The van der Waals surface area contributed by atoms with Crippen LogP contribution in [-0.2, 0) is 16.0 Å². The van der Waals surface area contributed by atoms with Crippen molar-refractivity contribution in [1.29, 1.82) is 0 Å². The van der Waals surface area contributed by atoms with Gasteiger partial charge in [-0.2, -0.15) is 0 Å². The number of carbonyl (C=O) groups excluding carboxylic acids is 2. The maximum absolute atomic E-state index is 11.8. The molecule has 1 N–H and O–H groups in total. The lowest BCUT2D eigenvalue weighted by Crippen LogP contribution is -2.37. The van der Waals surface area contributed by atoms with Gasteiger partial charge >= 0.3 is 0 Å². The number of carbonyl (C=O) groups is 2. The van der Waals surface area contributed by atoms with Crippen molar-refractivity contribution in [2.75, 3.05) is 13.1 Å². The first-order valence-corrected chi connectivity index (χ1v) is 7.61. The number of rotatable bonds is 8. The van der Waals surface area contributed by atoms with E-state index in [-0.39, 0.29) is 17.9 Å². The Hall–Kier alpha value is -1.84. The second-order valence-electron chi connectivity index (χ2n) is 5.37. The van der Waals surface area contributed by atoms with Gasteiger partial charge in [0.2, 0.25) is 11.8 Å². The van der Waals surface area contributed by atoms with Crippen LogP contribution in [0, 0.1) is 0 Å². The fourth-order valence-electron chi connectivity index (χ4n) is 2.02. The van der Waals surface area contributed by atoms with E-state index in [4.69, 9.17) is 0 Å². The summed E-state index contributed by atoms with van der Waals surface area (Å²) in [5.41, 5.74) is 1.20. The van der Waals surface area contributed by atoms with Crippen LogP contribution in [0.2, 0.25) is 0 Å². The predicted molar refractivity (Wildman–Crippen MR) is 84.9 cm³/mol. The van der Waals surface area contributed by atoms with Crippen molar-refractivity contribution in [2.45, 2.75) is 46.1 Å². The zero-order valence-corrected chi connectivity index (χ0v) is 13.3. The highest BCUT2D eigenvalue weighted by Crippen LogP contribution is 2.03. The molecule has 0 heterocycles. The quantitative estimate of drug-likeness (QED) is 0.799. The molecule has 1 aromatic rings. The first-order chi connectivity index (χ1) is 10.0. The summed E-state index contributed by atoms with van der Waals surface area (Å²) in [4.78, 5) is 25.2. The van der Waals surface area contributed by atoms with E-state index in [1.54, 1.807) is 11.8 Å². The van der Waals surface area contributed by atoms with Gasteiger partial charge in [-0.3, -0.25) is 9.59 Å². The largest absolute Gasteiger partial charge is 0.354 e. The van der Waals surface area contributed by atoms with E-state index in [1.165, 1.54) is 5.56 Å². The van der Waals surface area contributed by atoms with Crippen LogP contribution in [0.15, 0.2) is 30.3 Å². The van der Waals surface area contributed by atoms with Crippen LogP contribution in [-0.4, -0.2) is 35.8 Å². The number of hydrogen-bond acceptors (Lipinski definition) is 2. The van der Waals surface area contributed by atoms with Crippen molar-refractivity contribution >= 4 is 11.8 Å². The number of amides is 2. The third-order valence-electron chi connectivity index (χ3n) is 3.59. The second-order valence-corrected chi connectivity index (χ2v) is 5.37. The fourth-order valence-corrected chi connectivity index (χ4v) is 2.02. The standard InChI is InChI=1S/C17H26N2O2/c1-4-14(2)18-17(21)11-13-19(15(3)20)12-10-16-8-6-5-7-9-16/h5-9,14H,4,10-13H2,1-3H3,(H,18,21). The molecule has 0 aliphatic heterocycles. The molecule has 2 amide bonds. The van der Waals surface area contributed by atoms with Gasteiger partial charge in [-0.1, -0.05) is 37.3 Å². The molecule has 1 aromatic carbocycles. The van der Waals surface area contributed by atoms with Crippen molar-refractivity contribution in [3.05, 3.63) is 35.9 Å². The SMILES string of the molecule is CCC(C)NC(=O)CCN(CCc1ccccc1)C(C)=O. The number of nitrogens with one attached hydrogen (secondary N) is 1. The number of benzene rings is 1. The second kappa shape index (κ2) is 9.16. The average molecular weight is 290 g/mol. The van der Waals surface area contributed by atoms with Crippen LogP contribution in [0.3, 0.4) is 0 Å². The van der Waals surface area contributed by atoms with Gasteiger partial charge in [0.25, 0.3) is 0 Å². The Labute approximate surface area is 127 Å². The zero-order valence-electron chi connectivity index (χ0n) is 13.3. The third kappa shape index (κ3) is 6.93. The Bertz CT molecular complexity index is 445. The summed E-state index contributed by atoms with van der Waals surface area (Å²) < 4.78 is 0. The Kier molecular flexibility index (Phi) is 7.51. The van der Waals surface area contributed by atoms with Crippen molar-refractivity contribution in [2.24, 2.45) is 0 Å². The zero-order chi connectivity index (χ0) is 15.7. The molecule has 1 rings (SSSR count). The van der Waals surface area contributed by atoms with Crippen LogP contribution >= 0.6 is 0 Å². The maximum atomic E-state index is 11.8. The molecule has 0 saturated carbocycles. The lowest BCUT2D eigenvalue weighted by atomic mass is 10.1. The number of nitrogens with zero attached hydrogens (tertiary/aromatic N) is 1. The first kappa shape index (κ1) is 17.2. The minimum Gasteiger partial charge on any atom is -0.354 e. The average Bonchev–Trinajstić information content (AvgIpc) is 2.47. The smallest absolute Gasteiger partial charge is 0.221 e. The van der Waals surface area contributed by atoms with Gasteiger partial charge in [-0.15, -0.1) is 0 Å². The summed E-state index contributed by atoms with van der Waals surface area (Å²) >= 11 is 0. The molecular weight excluding hydrogens is 264 g/mol. The maximum Gasteiger partial charge on any atom is 0.221 e. The highest BCUT2D eigenvalue weighted by molar-refractivity contribution is 5.78. The molecule has 21 heavy (non-hydrogen) atoms. The molecule has 0 fully saturated rings. The van der Waals surface area contributed by atoms with E-state index in [0.717, 1.165) is 12.8 Å². The van der Waals surface area contributed by atoms with Gasteiger partial charge in [0, 0.05) is 32.5 Å². The Balaban J connectivity index is 2.40. The van der Waals surface area contributed by atoms with Crippen LogP contribution in [0.5, 0.6) is 0 Å². The molecule has 0 saturated heterocycles. The molecule has 1 unspecified atom stereocenters. The van der Waals surface area contributed by atoms with E-state index >= 15 is 0 Å². The molecule has 0 bridgehead atoms. The predicted octanol–water partition coefficient (Wildman–Crippen LogP) is 2.38. The fraction of sp³-hybridized carbons (Fsp3) is 0.529. The van der Waals surface area contributed by atoms with Crippen LogP contribution in [0.1, 0.15) is 39.2 Å². The molecule has 1 atom stereocenters. The minimum atomic E-state index is 0.00955. The van der Waals surface area contributed by atoms with Crippen LogP contribution in [0.4, 0.5) is 0 Å². The molecule has 0 aliphatic rings. The van der Waals surface area contributed by atoms with E-state index < -0.39 is 0 Å².